The zero-order chi connectivity index (χ0) is 32.5. The third-order valence-corrected chi connectivity index (χ3v) is 3.67. The van der Waals surface area contributed by atoms with Crippen molar-refractivity contribution >= 4 is 0 Å². The summed E-state index contributed by atoms with van der Waals surface area (Å²) in [5.41, 5.74) is 5.19. The van der Waals surface area contributed by atoms with Gasteiger partial charge >= 0.3 is 0 Å². The molecule has 0 spiro atoms. The molecule has 0 aliphatic rings. The summed E-state index contributed by atoms with van der Waals surface area (Å²) >= 11 is 0. The van der Waals surface area contributed by atoms with Gasteiger partial charge < -0.3 is 0 Å². The van der Waals surface area contributed by atoms with Gasteiger partial charge in [0.1, 0.15) is 0 Å². The molecule has 0 N–H and O–H groups in total. The summed E-state index contributed by atoms with van der Waals surface area (Å²) in [6, 6.07) is 35.0. The second kappa shape index (κ2) is 56.9. The molecule has 0 amide bonds. The lowest BCUT2D eigenvalue weighted by molar-refractivity contribution is 1.33. The number of aryl methyl sites for hydroxylation is 2. The van der Waals surface area contributed by atoms with Gasteiger partial charge in [0.2, 0.25) is 0 Å². The number of rotatable bonds is 1. The molecule has 3 aromatic carbocycles. The third kappa shape index (κ3) is 41.4. The molecule has 0 radical (unpaired) electrons. The molecule has 236 valence electrons. The minimum Gasteiger partial charge on any atom is -0.265 e. The van der Waals surface area contributed by atoms with Crippen molar-refractivity contribution in [1.29, 1.82) is 0 Å². The highest BCUT2D eigenvalue weighted by Gasteiger charge is 1.93. The first-order valence-electron chi connectivity index (χ1n) is 15.7. The lowest BCUT2D eigenvalue weighted by Crippen LogP contribution is -1.76. The fourth-order valence-electron chi connectivity index (χ4n) is 2.22. The van der Waals surface area contributed by atoms with E-state index in [9.17, 15) is 0 Å². The van der Waals surface area contributed by atoms with E-state index in [1.807, 2.05) is 139 Å². The average molecular weight is 566 g/mol. The Morgan fingerprint density at radius 2 is 0.585 bits per heavy atom. The zero-order valence-corrected chi connectivity index (χ0v) is 29.4. The van der Waals surface area contributed by atoms with Crippen LogP contribution in [0.4, 0.5) is 0 Å². The van der Waals surface area contributed by atoms with Gasteiger partial charge in [0.25, 0.3) is 0 Å². The van der Waals surface area contributed by atoms with Crippen LogP contribution in [0.2, 0.25) is 0 Å². The highest BCUT2D eigenvalue weighted by molar-refractivity contribution is 5.63. The van der Waals surface area contributed by atoms with Crippen LogP contribution in [0.15, 0.2) is 116 Å². The minimum atomic E-state index is 0. The van der Waals surface area contributed by atoms with Gasteiger partial charge in [0.05, 0.1) is 0 Å². The van der Waals surface area contributed by atoms with Gasteiger partial charge in [-0.3, -0.25) is 4.98 Å². The topological polar surface area (TPSA) is 12.9 Å². The smallest absolute Gasteiger partial charge is 0.0267 e. The van der Waals surface area contributed by atoms with E-state index >= 15 is 0 Å². The van der Waals surface area contributed by atoms with Crippen LogP contribution in [0.5, 0.6) is 0 Å². The lowest BCUT2D eigenvalue weighted by Gasteiger charge is -2.00. The van der Waals surface area contributed by atoms with Gasteiger partial charge in [-0.1, -0.05) is 206 Å². The molecular weight excluding hydrogens is 494 g/mol. The van der Waals surface area contributed by atoms with Crippen LogP contribution in [-0.2, 0) is 0 Å². The maximum atomic E-state index is 3.78. The molecule has 0 atom stereocenters. The summed E-state index contributed by atoms with van der Waals surface area (Å²) in [4.78, 5) is 3.78. The summed E-state index contributed by atoms with van der Waals surface area (Å²) in [7, 11) is 0. The Bertz CT molecular complexity index is 797. The Morgan fingerprint density at radius 3 is 0.829 bits per heavy atom. The third-order valence-electron chi connectivity index (χ3n) is 3.67. The van der Waals surface area contributed by atoms with Crippen molar-refractivity contribution in [1.82, 2.24) is 4.98 Å². The molecule has 1 nitrogen and oxygen atoms in total. The molecule has 0 saturated carbocycles. The van der Waals surface area contributed by atoms with Crippen LogP contribution in [-0.4, -0.2) is 4.98 Å². The lowest BCUT2D eigenvalue weighted by atomic mass is 10.0. The first-order chi connectivity index (χ1) is 19.8. The van der Waals surface area contributed by atoms with E-state index in [2.05, 4.69) is 79.5 Å². The summed E-state index contributed by atoms with van der Waals surface area (Å²) in [6.07, 6.45) is 3.50. The fraction of sp³-hybridized carbons (Fsp3) is 0.425. The number of aromatic nitrogens is 1. The normalized spacial score (nSPS) is 6.83. The number of pyridine rings is 1. The molecule has 0 bridgehead atoms. The zero-order valence-electron chi connectivity index (χ0n) is 29.4. The number of hydrogen-bond donors (Lipinski definition) is 0. The largest absolute Gasteiger partial charge is 0.265 e. The highest BCUT2D eigenvalue weighted by atomic mass is 14.6. The van der Waals surface area contributed by atoms with Crippen molar-refractivity contribution in [2.24, 2.45) is 0 Å². The Morgan fingerprint density at radius 1 is 0.317 bits per heavy atom. The first-order valence-corrected chi connectivity index (χ1v) is 15.7. The van der Waals surface area contributed by atoms with E-state index < -0.39 is 0 Å². The van der Waals surface area contributed by atoms with E-state index in [0.717, 1.165) is 0 Å². The Labute approximate surface area is 260 Å². The summed E-state index contributed by atoms with van der Waals surface area (Å²) < 4.78 is 0. The minimum absolute atomic E-state index is 0. The summed E-state index contributed by atoms with van der Waals surface area (Å²) in [5, 5.41) is 0. The van der Waals surface area contributed by atoms with Crippen LogP contribution < -0.4 is 0 Å². The van der Waals surface area contributed by atoms with E-state index in [4.69, 9.17) is 0 Å². The van der Waals surface area contributed by atoms with Crippen molar-refractivity contribution in [2.75, 3.05) is 0 Å². The van der Waals surface area contributed by atoms with E-state index in [1.165, 1.54) is 22.3 Å². The maximum absolute atomic E-state index is 3.78. The van der Waals surface area contributed by atoms with Gasteiger partial charge in [0, 0.05) is 12.4 Å². The molecule has 4 rings (SSSR count). The highest BCUT2D eigenvalue weighted by Crippen LogP contribution is 2.18. The van der Waals surface area contributed by atoms with Gasteiger partial charge in [-0.15, -0.1) is 0 Å². The first kappa shape index (κ1) is 54.0. The number of benzene rings is 3. The van der Waals surface area contributed by atoms with Crippen LogP contribution in [0, 0.1) is 13.8 Å². The molecule has 0 fully saturated rings. The van der Waals surface area contributed by atoms with Crippen molar-refractivity contribution in [3.8, 4) is 11.1 Å². The molecule has 1 heteroatoms. The van der Waals surface area contributed by atoms with Gasteiger partial charge in [-0.2, -0.15) is 0 Å². The Balaban J connectivity index is -0.0000000719. The Kier molecular flexibility index (Phi) is 74.9. The van der Waals surface area contributed by atoms with Gasteiger partial charge in [0.15, 0.2) is 0 Å². The monoisotopic (exact) mass is 566 g/mol. The molecule has 0 unspecified atom stereocenters. The van der Waals surface area contributed by atoms with Crippen molar-refractivity contribution in [2.45, 2.75) is 118 Å². The van der Waals surface area contributed by atoms with E-state index in [0.29, 0.717) is 0 Å². The van der Waals surface area contributed by atoms with Gasteiger partial charge in [-0.05, 0) is 37.1 Å². The molecule has 0 saturated heterocycles. The average Bonchev–Trinajstić information content (AvgIpc) is 3.10. The molecule has 1 heterocycles. The van der Waals surface area contributed by atoms with Crippen LogP contribution >= 0.6 is 0 Å². The SMILES string of the molecule is C.CC.CC.CC.CC.CC.CC.CC.Cc1ccc(-c2ccccc2)cc1.Cc1ccccc1.c1ccncc1. The summed E-state index contributed by atoms with van der Waals surface area (Å²) in [5.74, 6) is 0. The second-order valence-corrected chi connectivity index (χ2v) is 5.91. The summed E-state index contributed by atoms with van der Waals surface area (Å²) in [6.45, 7) is 32.2. The number of hydrogen-bond acceptors (Lipinski definition) is 1. The molecule has 0 aliphatic carbocycles. The molecular formula is C40H71N. The molecule has 1 aromatic heterocycles. The van der Waals surface area contributed by atoms with Crippen LogP contribution in [0.25, 0.3) is 11.1 Å². The molecule has 4 aromatic rings. The predicted octanol–water partition coefficient (Wildman–Crippen LogP) is 14.6. The predicted molar refractivity (Wildman–Crippen MR) is 198 cm³/mol. The molecule has 41 heavy (non-hydrogen) atoms. The van der Waals surface area contributed by atoms with Gasteiger partial charge in [-0.25, -0.2) is 0 Å². The number of nitrogens with zero attached hydrogens (tertiary/aromatic N) is 1. The van der Waals surface area contributed by atoms with Crippen LogP contribution in [0.1, 0.15) is 115 Å². The molecule has 0 aliphatic heterocycles. The van der Waals surface area contributed by atoms with Crippen molar-refractivity contribution in [3.63, 3.8) is 0 Å². The van der Waals surface area contributed by atoms with Crippen molar-refractivity contribution in [3.05, 3.63) is 127 Å². The van der Waals surface area contributed by atoms with Crippen molar-refractivity contribution < 1.29 is 0 Å². The van der Waals surface area contributed by atoms with Crippen LogP contribution in [0.3, 0.4) is 0 Å². The maximum Gasteiger partial charge on any atom is 0.0267 e. The quantitative estimate of drug-likeness (QED) is 0.224. The second-order valence-electron chi connectivity index (χ2n) is 5.91. The standard InChI is InChI=1S/C13H12.C7H8.C5H5N.7C2H6.CH4/c1-11-7-9-13(10-8-11)12-5-3-2-4-6-12;1-7-5-3-2-4-6-7;1-2-4-6-5-3-1;7*1-2;/h2-10H,1H3;2-6H,1H3;1-5H;7*1-2H3;1H4. The Hall–Kier alpha value is -3.19. The fourth-order valence-corrected chi connectivity index (χ4v) is 2.22. The van der Waals surface area contributed by atoms with E-state index in [-0.39, 0.29) is 7.43 Å². The van der Waals surface area contributed by atoms with E-state index in [1.54, 1.807) is 12.4 Å².